The third-order valence-corrected chi connectivity index (χ3v) is 4.38. The summed E-state index contributed by atoms with van der Waals surface area (Å²) in [6.07, 6.45) is 4.41. The van der Waals surface area contributed by atoms with Gasteiger partial charge in [-0.15, -0.1) is 0 Å². The van der Waals surface area contributed by atoms with Crippen LogP contribution in [0.1, 0.15) is 24.5 Å². The highest BCUT2D eigenvalue weighted by Crippen LogP contribution is 2.20. The summed E-state index contributed by atoms with van der Waals surface area (Å²) >= 11 is 0. The van der Waals surface area contributed by atoms with Crippen LogP contribution in [0.4, 0.5) is 5.69 Å². The van der Waals surface area contributed by atoms with E-state index in [1.54, 1.807) is 31.6 Å². The van der Waals surface area contributed by atoms with Crippen molar-refractivity contribution in [3.63, 3.8) is 0 Å². The van der Waals surface area contributed by atoms with E-state index in [0.717, 1.165) is 17.9 Å². The molecular formula is C23H24N2O3. The Morgan fingerprint density at radius 2 is 1.54 bits per heavy atom. The quantitative estimate of drug-likeness (QED) is 0.630. The normalized spacial score (nSPS) is 11.5. The number of hydrogen-bond acceptors (Lipinski definition) is 4. The number of benzene rings is 2. The first kappa shape index (κ1) is 19.4. The first-order chi connectivity index (χ1) is 13.7. The molecule has 0 aliphatic carbocycles. The fourth-order valence-electron chi connectivity index (χ4n) is 2.81. The Bertz CT molecular complexity index is 878. The summed E-state index contributed by atoms with van der Waals surface area (Å²) in [6, 6.07) is 19.1. The zero-order valence-electron chi connectivity index (χ0n) is 16.1. The van der Waals surface area contributed by atoms with Crippen LogP contribution in [-0.2, 0) is 11.2 Å². The zero-order chi connectivity index (χ0) is 19.8. The molecule has 0 radical (unpaired) electrons. The van der Waals surface area contributed by atoms with Crippen molar-refractivity contribution in [3.8, 4) is 11.5 Å². The molecule has 5 heteroatoms. The number of anilines is 1. The van der Waals surface area contributed by atoms with Gasteiger partial charge in [0.2, 0.25) is 0 Å². The van der Waals surface area contributed by atoms with Crippen molar-refractivity contribution < 1.29 is 14.3 Å². The average Bonchev–Trinajstić information content (AvgIpc) is 2.74. The molecule has 0 aliphatic heterocycles. The number of ether oxygens (including phenoxy) is 2. The van der Waals surface area contributed by atoms with E-state index in [1.165, 1.54) is 11.1 Å². The van der Waals surface area contributed by atoms with E-state index in [9.17, 15) is 4.79 Å². The van der Waals surface area contributed by atoms with Crippen LogP contribution in [0.5, 0.6) is 11.5 Å². The lowest BCUT2D eigenvalue weighted by molar-refractivity contribution is -0.122. The highest BCUT2D eigenvalue weighted by atomic mass is 16.5. The Morgan fingerprint density at radius 3 is 2.14 bits per heavy atom. The van der Waals surface area contributed by atoms with Gasteiger partial charge in [-0.05, 0) is 72.5 Å². The first-order valence-corrected chi connectivity index (χ1v) is 9.27. The van der Waals surface area contributed by atoms with Crippen molar-refractivity contribution in [2.45, 2.75) is 25.9 Å². The van der Waals surface area contributed by atoms with Crippen LogP contribution >= 0.6 is 0 Å². The maximum atomic E-state index is 12.6. The molecule has 1 amide bonds. The average molecular weight is 376 g/mol. The summed E-state index contributed by atoms with van der Waals surface area (Å²) in [5.74, 6) is 1.22. The summed E-state index contributed by atoms with van der Waals surface area (Å²) in [5.41, 5.74) is 3.12. The van der Waals surface area contributed by atoms with Crippen LogP contribution in [0.15, 0.2) is 73.1 Å². The molecule has 0 aliphatic rings. The predicted molar refractivity (Wildman–Crippen MR) is 110 cm³/mol. The van der Waals surface area contributed by atoms with E-state index in [4.69, 9.17) is 9.47 Å². The molecule has 0 fully saturated rings. The van der Waals surface area contributed by atoms with Crippen molar-refractivity contribution in [2.24, 2.45) is 0 Å². The Balaban J connectivity index is 1.58. The first-order valence-electron chi connectivity index (χ1n) is 9.27. The van der Waals surface area contributed by atoms with E-state index < -0.39 is 6.10 Å². The largest absolute Gasteiger partial charge is 0.497 e. The van der Waals surface area contributed by atoms with E-state index >= 15 is 0 Å². The molecule has 0 saturated heterocycles. The minimum Gasteiger partial charge on any atom is -0.497 e. The molecule has 1 heterocycles. The number of nitrogens with one attached hydrogen (secondary N) is 1. The van der Waals surface area contributed by atoms with Gasteiger partial charge >= 0.3 is 0 Å². The second-order valence-electron chi connectivity index (χ2n) is 6.41. The molecule has 5 nitrogen and oxygen atoms in total. The molecule has 1 aromatic heterocycles. The SMILES string of the molecule is CC[C@H](Oc1ccc(OC)cc1)C(=O)Nc1ccc(Cc2ccncc2)cc1. The van der Waals surface area contributed by atoms with Gasteiger partial charge in [0.25, 0.3) is 5.91 Å². The highest BCUT2D eigenvalue weighted by Gasteiger charge is 2.18. The van der Waals surface area contributed by atoms with Crippen molar-refractivity contribution >= 4 is 11.6 Å². The summed E-state index contributed by atoms with van der Waals surface area (Å²) < 4.78 is 11.0. The number of aromatic nitrogens is 1. The van der Waals surface area contributed by atoms with Crippen LogP contribution < -0.4 is 14.8 Å². The van der Waals surface area contributed by atoms with Crippen molar-refractivity contribution in [1.82, 2.24) is 4.98 Å². The molecule has 144 valence electrons. The van der Waals surface area contributed by atoms with Crippen LogP contribution in [0, 0.1) is 0 Å². The second-order valence-corrected chi connectivity index (χ2v) is 6.41. The second kappa shape index (κ2) is 9.55. The highest BCUT2D eigenvalue weighted by molar-refractivity contribution is 5.94. The molecule has 3 aromatic rings. The third-order valence-electron chi connectivity index (χ3n) is 4.38. The molecular weight excluding hydrogens is 352 g/mol. The van der Waals surface area contributed by atoms with Crippen molar-refractivity contribution in [3.05, 3.63) is 84.2 Å². The maximum absolute atomic E-state index is 12.6. The van der Waals surface area contributed by atoms with Gasteiger partial charge in [-0.1, -0.05) is 19.1 Å². The summed E-state index contributed by atoms with van der Waals surface area (Å²) in [5, 5.41) is 2.93. The monoisotopic (exact) mass is 376 g/mol. The lowest BCUT2D eigenvalue weighted by Crippen LogP contribution is -2.32. The number of hydrogen-bond donors (Lipinski definition) is 1. The molecule has 0 saturated carbocycles. The van der Waals surface area contributed by atoms with Crippen LogP contribution in [-0.4, -0.2) is 24.1 Å². The Kier molecular flexibility index (Phi) is 6.63. The Labute approximate surface area is 165 Å². The van der Waals surface area contributed by atoms with Gasteiger partial charge in [-0.2, -0.15) is 0 Å². The Morgan fingerprint density at radius 1 is 0.929 bits per heavy atom. The number of amides is 1. The summed E-state index contributed by atoms with van der Waals surface area (Å²) in [4.78, 5) is 16.6. The summed E-state index contributed by atoms with van der Waals surface area (Å²) in [6.45, 7) is 1.92. The molecule has 1 atom stereocenters. The number of pyridine rings is 1. The van der Waals surface area contributed by atoms with Crippen LogP contribution in [0.2, 0.25) is 0 Å². The van der Waals surface area contributed by atoms with Gasteiger partial charge in [0.15, 0.2) is 6.10 Å². The summed E-state index contributed by atoms with van der Waals surface area (Å²) in [7, 11) is 1.61. The van der Waals surface area contributed by atoms with E-state index in [1.807, 2.05) is 55.5 Å². The van der Waals surface area contributed by atoms with Crippen LogP contribution in [0.3, 0.4) is 0 Å². The molecule has 2 aromatic carbocycles. The third kappa shape index (κ3) is 5.33. The van der Waals surface area contributed by atoms with Crippen molar-refractivity contribution in [2.75, 3.05) is 12.4 Å². The topological polar surface area (TPSA) is 60.5 Å². The zero-order valence-corrected chi connectivity index (χ0v) is 16.1. The lowest BCUT2D eigenvalue weighted by Gasteiger charge is -2.17. The van der Waals surface area contributed by atoms with Gasteiger partial charge < -0.3 is 14.8 Å². The van der Waals surface area contributed by atoms with Gasteiger partial charge in [-0.25, -0.2) is 0 Å². The lowest BCUT2D eigenvalue weighted by atomic mass is 10.1. The van der Waals surface area contributed by atoms with E-state index in [2.05, 4.69) is 10.3 Å². The molecule has 1 N–H and O–H groups in total. The smallest absolute Gasteiger partial charge is 0.265 e. The number of carbonyl (C=O) groups excluding carboxylic acids is 1. The van der Waals surface area contributed by atoms with Gasteiger partial charge in [0, 0.05) is 18.1 Å². The fraction of sp³-hybridized carbons (Fsp3) is 0.217. The fourth-order valence-corrected chi connectivity index (χ4v) is 2.81. The molecule has 0 bridgehead atoms. The number of nitrogens with zero attached hydrogens (tertiary/aromatic N) is 1. The minimum absolute atomic E-state index is 0.166. The van der Waals surface area contributed by atoms with Gasteiger partial charge in [0.05, 0.1) is 7.11 Å². The maximum Gasteiger partial charge on any atom is 0.265 e. The number of rotatable bonds is 8. The molecule has 0 spiro atoms. The van der Waals surface area contributed by atoms with Crippen molar-refractivity contribution in [1.29, 1.82) is 0 Å². The van der Waals surface area contributed by atoms with Gasteiger partial charge in [-0.3, -0.25) is 9.78 Å². The predicted octanol–water partition coefficient (Wildman–Crippen LogP) is 4.48. The number of methoxy groups -OCH3 is 1. The van der Waals surface area contributed by atoms with E-state index in [-0.39, 0.29) is 5.91 Å². The molecule has 3 rings (SSSR count). The van der Waals surface area contributed by atoms with Crippen LogP contribution in [0.25, 0.3) is 0 Å². The minimum atomic E-state index is -0.565. The van der Waals surface area contributed by atoms with Gasteiger partial charge in [0.1, 0.15) is 11.5 Å². The number of carbonyl (C=O) groups is 1. The van der Waals surface area contributed by atoms with E-state index in [0.29, 0.717) is 12.2 Å². The molecule has 28 heavy (non-hydrogen) atoms. The Hall–Kier alpha value is -3.34. The molecule has 0 unspecified atom stereocenters. The standard InChI is InChI=1S/C23H24N2O3/c1-3-22(28-21-10-8-20(27-2)9-11-21)23(26)25-19-6-4-17(5-7-19)16-18-12-14-24-15-13-18/h4-15,22H,3,16H2,1-2H3,(H,25,26)/t22-/m0/s1.